The maximum absolute atomic E-state index is 5.20. The summed E-state index contributed by atoms with van der Waals surface area (Å²) in [6, 6.07) is 0.441. The Morgan fingerprint density at radius 3 is 3.00 bits per heavy atom. The Balaban J connectivity index is 0.00000289. The first-order valence-electron chi connectivity index (χ1n) is 5.92. The number of hydrogen-bond donors (Lipinski definition) is 2. The zero-order valence-corrected chi connectivity index (χ0v) is 13.4. The third-order valence-electron chi connectivity index (χ3n) is 2.81. The van der Waals surface area contributed by atoms with Gasteiger partial charge in [-0.3, -0.25) is 9.89 Å². The zero-order valence-electron chi connectivity index (χ0n) is 11.1. The Kier molecular flexibility index (Phi) is 10.1. The van der Waals surface area contributed by atoms with Crippen molar-refractivity contribution in [1.82, 2.24) is 15.5 Å². The fourth-order valence-corrected chi connectivity index (χ4v) is 1.90. The molecule has 1 aliphatic rings. The van der Waals surface area contributed by atoms with Crippen LogP contribution >= 0.6 is 24.0 Å². The molecule has 104 valence electrons. The zero-order chi connectivity index (χ0) is 12.5. The van der Waals surface area contributed by atoms with Gasteiger partial charge < -0.3 is 15.4 Å². The van der Waals surface area contributed by atoms with E-state index in [9.17, 15) is 0 Å². The molecule has 2 N–H and O–H groups in total. The number of guanidine groups is 1. The van der Waals surface area contributed by atoms with E-state index < -0.39 is 0 Å². The highest BCUT2D eigenvalue weighted by atomic mass is 127. The summed E-state index contributed by atoms with van der Waals surface area (Å²) in [6.45, 7) is 4.41. The van der Waals surface area contributed by atoms with Crippen LogP contribution in [-0.2, 0) is 4.74 Å². The van der Waals surface area contributed by atoms with Crippen molar-refractivity contribution in [2.45, 2.75) is 12.5 Å². The Bertz CT molecular complexity index is 290. The van der Waals surface area contributed by atoms with Crippen molar-refractivity contribution in [3.8, 4) is 12.3 Å². The number of hydrogen-bond acceptors (Lipinski definition) is 3. The number of aliphatic imine (C=N–C) groups is 1. The number of nitrogens with zero attached hydrogens (tertiary/aromatic N) is 2. The fourth-order valence-electron chi connectivity index (χ4n) is 1.90. The van der Waals surface area contributed by atoms with Gasteiger partial charge in [-0.15, -0.1) is 30.4 Å². The van der Waals surface area contributed by atoms with Gasteiger partial charge in [-0.05, 0) is 6.42 Å². The standard InChI is InChI=1S/C12H22N4O.HI/c1-4-6-14-12(13-2)15-11-5-7-16(10-11)8-9-17-3;/h1,11H,5-10H2,2-3H3,(H2,13,14,15);1H. The molecule has 0 amide bonds. The van der Waals surface area contributed by atoms with E-state index in [0.717, 1.165) is 38.6 Å². The van der Waals surface area contributed by atoms with Crippen LogP contribution < -0.4 is 10.6 Å². The van der Waals surface area contributed by atoms with Crippen molar-refractivity contribution in [3.05, 3.63) is 0 Å². The van der Waals surface area contributed by atoms with E-state index in [1.54, 1.807) is 14.2 Å². The van der Waals surface area contributed by atoms with E-state index in [1.807, 2.05) is 0 Å². The maximum Gasteiger partial charge on any atom is 0.192 e. The van der Waals surface area contributed by atoms with Crippen LogP contribution in [0.15, 0.2) is 4.99 Å². The van der Waals surface area contributed by atoms with Gasteiger partial charge in [0.2, 0.25) is 0 Å². The van der Waals surface area contributed by atoms with Gasteiger partial charge in [0, 0.05) is 39.8 Å². The number of nitrogens with one attached hydrogen (secondary N) is 2. The minimum Gasteiger partial charge on any atom is -0.383 e. The number of terminal acetylenes is 1. The molecule has 0 radical (unpaired) electrons. The highest BCUT2D eigenvalue weighted by Crippen LogP contribution is 2.08. The Hall–Kier alpha value is -0.520. The highest BCUT2D eigenvalue weighted by molar-refractivity contribution is 14.0. The molecule has 18 heavy (non-hydrogen) atoms. The normalized spacial score (nSPS) is 20.1. The van der Waals surface area contributed by atoms with Gasteiger partial charge in [-0.25, -0.2) is 0 Å². The van der Waals surface area contributed by atoms with E-state index >= 15 is 0 Å². The second-order valence-corrected chi connectivity index (χ2v) is 4.05. The molecule has 1 rings (SSSR count). The molecule has 1 atom stereocenters. The summed E-state index contributed by atoms with van der Waals surface area (Å²) in [5.41, 5.74) is 0. The minimum atomic E-state index is 0. The molecule has 0 saturated carbocycles. The minimum absolute atomic E-state index is 0. The van der Waals surface area contributed by atoms with Crippen LogP contribution in [0.25, 0.3) is 0 Å². The van der Waals surface area contributed by atoms with Crippen molar-refractivity contribution >= 4 is 29.9 Å². The molecule has 0 aromatic rings. The molecule has 5 nitrogen and oxygen atoms in total. The first-order valence-corrected chi connectivity index (χ1v) is 5.92. The largest absolute Gasteiger partial charge is 0.383 e. The van der Waals surface area contributed by atoms with Crippen LogP contribution in [0.3, 0.4) is 0 Å². The van der Waals surface area contributed by atoms with Gasteiger partial charge in [-0.2, -0.15) is 0 Å². The summed E-state index contributed by atoms with van der Waals surface area (Å²) >= 11 is 0. The van der Waals surface area contributed by atoms with Gasteiger partial charge in [-0.1, -0.05) is 5.92 Å². The predicted molar refractivity (Wildman–Crippen MR) is 85.5 cm³/mol. The molecule has 0 aliphatic carbocycles. The van der Waals surface area contributed by atoms with E-state index in [-0.39, 0.29) is 24.0 Å². The second-order valence-electron chi connectivity index (χ2n) is 4.05. The van der Waals surface area contributed by atoms with Crippen molar-refractivity contribution < 1.29 is 4.74 Å². The molecule has 1 saturated heterocycles. The van der Waals surface area contributed by atoms with Gasteiger partial charge in [0.15, 0.2) is 5.96 Å². The lowest BCUT2D eigenvalue weighted by Gasteiger charge is -2.18. The fraction of sp³-hybridized carbons (Fsp3) is 0.750. The Labute approximate surface area is 127 Å². The van der Waals surface area contributed by atoms with Gasteiger partial charge >= 0.3 is 0 Å². The van der Waals surface area contributed by atoms with Crippen molar-refractivity contribution in [2.24, 2.45) is 4.99 Å². The number of rotatable bonds is 5. The summed E-state index contributed by atoms with van der Waals surface area (Å²) in [5.74, 6) is 3.31. The molecule has 0 spiro atoms. The monoisotopic (exact) mass is 366 g/mol. The third-order valence-corrected chi connectivity index (χ3v) is 2.81. The maximum atomic E-state index is 5.20. The summed E-state index contributed by atoms with van der Waals surface area (Å²) in [6.07, 6.45) is 6.32. The molecule has 6 heteroatoms. The topological polar surface area (TPSA) is 48.9 Å². The quantitative estimate of drug-likeness (QED) is 0.314. The number of halogens is 1. The molecule has 0 aromatic heterocycles. The van der Waals surface area contributed by atoms with Gasteiger partial charge in [0.05, 0.1) is 13.2 Å². The molecule has 1 unspecified atom stereocenters. The number of ether oxygens (including phenoxy) is 1. The summed E-state index contributed by atoms with van der Waals surface area (Å²) in [4.78, 5) is 6.52. The average molecular weight is 366 g/mol. The molecule has 0 bridgehead atoms. The molecule has 1 aliphatic heterocycles. The molecular weight excluding hydrogens is 343 g/mol. The first kappa shape index (κ1) is 17.5. The van der Waals surface area contributed by atoms with Crippen LogP contribution in [0.1, 0.15) is 6.42 Å². The smallest absolute Gasteiger partial charge is 0.192 e. The van der Waals surface area contributed by atoms with E-state index in [4.69, 9.17) is 11.2 Å². The molecular formula is C12H23IN4O. The highest BCUT2D eigenvalue weighted by Gasteiger charge is 2.22. The van der Waals surface area contributed by atoms with Crippen molar-refractivity contribution in [1.29, 1.82) is 0 Å². The van der Waals surface area contributed by atoms with Crippen LogP contribution in [0.5, 0.6) is 0 Å². The van der Waals surface area contributed by atoms with E-state index in [0.29, 0.717) is 12.6 Å². The molecule has 0 aromatic carbocycles. The Morgan fingerprint density at radius 1 is 1.61 bits per heavy atom. The van der Waals surface area contributed by atoms with Crippen molar-refractivity contribution in [3.63, 3.8) is 0 Å². The predicted octanol–water partition coefficient (Wildman–Crippen LogP) is 0.123. The first-order chi connectivity index (χ1) is 8.30. The van der Waals surface area contributed by atoms with E-state index in [2.05, 4.69) is 26.4 Å². The van der Waals surface area contributed by atoms with Crippen LogP contribution in [0, 0.1) is 12.3 Å². The summed E-state index contributed by atoms with van der Waals surface area (Å²) in [5, 5.41) is 6.43. The van der Waals surface area contributed by atoms with Gasteiger partial charge in [0.25, 0.3) is 0 Å². The molecule has 1 fully saturated rings. The lowest BCUT2D eigenvalue weighted by molar-refractivity contribution is 0.160. The Morgan fingerprint density at radius 2 is 2.39 bits per heavy atom. The summed E-state index contributed by atoms with van der Waals surface area (Å²) in [7, 11) is 3.49. The van der Waals surface area contributed by atoms with Crippen LogP contribution in [0.4, 0.5) is 0 Å². The van der Waals surface area contributed by atoms with Crippen LogP contribution in [-0.4, -0.2) is 63.8 Å². The lowest BCUT2D eigenvalue weighted by Crippen LogP contribution is -2.44. The molecule has 1 heterocycles. The average Bonchev–Trinajstić information content (AvgIpc) is 2.79. The van der Waals surface area contributed by atoms with E-state index in [1.165, 1.54) is 0 Å². The number of likely N-dealkylation sites (tertiary alicyclic amines) is 1. The lowest BCUT2D eigenvalue weighted by atomic mass is 10.3. The SMILES string of the molecule is C#CCNC(=NC)NC1CCN(CCOC)C1.I. The van der Waals surface area contributed by atoms with Crippen LogP contribution in [0.2, 0.25) is 0 Å². The van der Waals surface area contributed by atoms with Crippen molar-refractivity contribution in [2.75, 3.05) is 46.9 Å². The van der Waals surface area contributed by atoms with Gasteiger partial charge in [0.1, 0.15) is 0 Å². The summed E-state index contributed by atoms with van der Waals surface area (Å²) < 4.78 is 5.07. The number of methoxy groups -OCH3 is 1. The third kappa shape index (κ3) is 6.42. The second kappa shape index (κ2) is 10.4.